The van der Waals surface area contributed by atoms with Gasteiger partial charge in [0.2, 0.25) is 0 Å². The predicted octanol–water partition coefficient (Wildman–Crippen LogP) is 2.41. The maximum Gasteiger partial charge on any atom is 0.270 e. The SMILES string of the molecule is O=[N+]([O-])c1ccc(N2CCC(CO)CC2)c(I)c1. The van der Waals surface area contributed by atoms with Gasteiger partial charge < -0.3 is 10.0 Å². The molecule has 0 unspecified atom stereocenters. The molecule has 0 amide bonds. The molecule has 2 rings (SSSR count). The van der Waals surface area contributed by atoms with Gasteiger partial charge >= 0.3 is 0 Å². The Labute approximate surface area is 119 Å². The van der Waals surface area contributed by atoms with Crippen LogP contribution in [-0.4, -0.2) is 29.7 Å². The molecule has 1 heterocycles. The highest BCUT2D eigenvalue weighted by Gasteiger charge is 2.21. The molecule has 98 valence electrons. The summed E-state index contributed by atoms with van der Waals surface area (Å²) in [4.78, 5) is 12.5. The Balaban J connectivity index is 2.12. The number of non-ortho nitro benzene ring substituents is 1. The van der Waals surface area contributed by atoms with Crippen molar-refractivity contribution in [3.8, 4) is 0 Å². The number of aliphatic hydroxyl groups excluding tert-OH is 1. The van der Waals surface area contributed by atoms with Crippen LogP contribution in [0.5, 0.6) is 0 Å². The number of benzene rings is 1. The number of piperidine rings is 1. The summed E-state index contributed by atoms with van der Waals surface area (Å²) in [6.07, 6.45) is 1.95. The van der Waals surface area contributed by atoms with E-state index in [9.17, 15) is 10.1 Å². The molecule has 1 N–H and O–H groups in total. The molecule has 0 radical (unpaired) electrons. The molecule has 0 saturated carbocycles. The van der Waals surface area contributed by atoms with Crippen LogP contribution >= 0.6 is 22.6 Å². The van der Waals surface area contributed by atoms with E-state index in [1.54, 1.807) is 12.1 Å². The van der Waals surface area contributed by atoms with E-state index in [0.29, 0.717) is 5.92 Å². The first kappa shape index (κ1) is 13.5. The van der Waals surface area contributed by atoms with Gasteiger partial charge in [0.15, 0.2) is 0 Å². The Morgan fingerprint density at radius 2 is 2.11 bits per heavy atom. The molecule has 1 saturated heterocycles. The third-order valence-corrected chi connectivity index (χ3v) is 4.22. The quantitative estimate of drug-likeness (QED) is 0.510. The maximum absolute atomic E-state index is 10.7. The molecular formula is C12H15IN2O3. The summed E-state index contributed by atoms with van der Waals surface area (Å²) in [6.45, 7) is 2.06. The van der Waals surface area contributed by atoms with Gasteiger partial charge in [-0.2, -0.15) is 0 Å². The van der Waals surface area contributed by atoms with Crippen LogP contribution in [0.4, 0.5) is 11.4 Å². The molecule has 5 nitrogen and oxygen atoms in total. The number of rotatable bonds is 3. The molecule has 0 spiro atoms. The van der Waals surface area contributed by atoms with Gasteiger partial charge in [-0.05, 0) is 47.4 Å². The summed E-state index contributed by atoms with van der Waals surface area (Å²) < 4.78 is 0.907. The number of anilines is 1. The summed E-state index contributed by atoms with van der Waals surface area (Å²) >= 11 is 2.14. The largest absolute Gasteiger partial charge is 0.396 e. The van der Waals surface area contributed by atoms with Crippen LogP contribution in [0.1, 0.15) is 12.8 Å². The minimum absolute atomic E-state index is 0.133. The Kier molecular flexibility index (Phi) is 4.39. The molecule has 0 atom stereocenters. The zero-order chi connectivity index (χ0) is 13.1. The lowest BCUT2D eigenvalue weighted by molar-refractivity contribution is -0.384. The molecule has 1 fully saturated rings. The van der Waals surface area contributed by atoms with Crippen LogP contribution in [0.15, 0.2) is 18.2 Å². The number of hydrogen-bond donors (Lipinski definition) is 1. The van der Waals surface area contributed by atoms with E-state index in [4.69, 9.17) is 5.11 Å². The summed E-state index contributed by atoms with van der Waals surface area (Å²) in [5.74, 6) is 0.400. The lowest BCUT2D eigenvalue weighted by Gasteiger charge is -2.33. The summed E-state index contributed by atoms with van der Waals surface area (Å²) in [7, 11) is 0. The van der Waals surface area contributed by atoms with E-state index in [-0.39, 0.29) is 17.2 Å². The zero-order valence-electron chi connectivity index (χ0n) is 9.88. The van der Waals surface area contributed by atoms with E-state index in [1.807, 2.05) is 6.07 Å². The Hall–Kier alpha value is -0.890. The van der Waals surface area contributed by atoms with Gasteiger partial charge in [-0.1, -0.05) is 0 Å². The van der Waals surface area contributed by atoms with Crippen molar-refractivity contribution in [3.05, 3.63) is 31.9 Å². The highest BCUT2D eigenvalue weighted by molar-refractivity contribution is 14.1. The molecule has 6 heteroatoms. The Morgan fingerprint density at radius 3 is 2.61 bits per heavy atom. The van der Waals surface area contributed by atoms with Crippen molar-refractivity contribution >= 4 is 34.0 Å². The first-order valence-electron chi connectivity index (χ1n) is 5.91. The van der Waals surface area contributed by atoms with Gasteiger partial charge in [0.25, 0.3) is 5.69 Å². The number of nitrogens with zero attached hydrogens (tertiary/aromatic N) is 2. The average molecular weight is 362 g/mol. The third-order valence-electron chi connectivity index (χ3n) is 3.36. The van der Waals surface area contributed by atoms with Gasteiger partial charge in [-0.3, -0.25) is 10.1 Å². The molecule has 1 aromatic carbocycles. The molecule has 1 aliphatic rings. The summed E-state index contributed by atoms with van der Waals surface area (Å²) in [6, 6.07) is 4.98. The monoisotopic (exact) mass is 362 g/mol. The number of nitro benzene ring substituents is 1. The van der Waals surface area contributed by atoms with Gasteiger partial charge in [-0.15, -0.1) is 0 Å². The summed E-state index contributed by atoms with van der Waals surface area (Å²) in [5.41, 5.74) is 1.19. The van der Waals surface area contributed by atoms with E-state index in [0.717, 1.165) is 35.2 Å². The number of hydrogen-bond acceptors (Lipinski definition) is 4. The lowest BCUT2D eigenvalue weighted by atomic mass is 9.97. The van der Waals surface area contributed by atoms with Crippen molar-refractivity contribution in [1.29, 1.82) is 0 Å². The van der Waals surface area contributed by atoms with Crippen LogP contribution in [0.3, 0.4) is 0 Å². The normalized spacial score (nSPS) is 16.9. The molecular weight excluding hydrogens is 347 g/mol. The number of nitro groups is 1. The topological polar surface area (TPSA) is 66.6 Å². The second kappa shape index (κ2) is 5.83. The number of halogens is 1. The van der Waals surface area contributed by atoms with Crippen molar-refractivity contribution < 1.29 is 10.0 Å². The molecule has 18 heavy (non-hydrogen) atoms. The van der Waals surface area contributed by atoms with Crippen LogP contribution < -0.4 is 4.90 Å². The minimum atomic E-state index is -0.371. The second-order valence-electron chi connectivity index (χ2n) is 4.51. The fraction of sp³-hybridized carbons (Fsp3) is 0.500. The first-order valence-corrected chi connectivity index (χ1v) is 6.99. The molecule has 1 aromatic rings. The van der Waals surface area contributed by atoms with Crippen LogP contribution in [0.25, 0.3) is 0 Å². The molecule has 0 aromatic heterocycles. The highest BCUT2D eigenvalue weighted by Crippen LogP contribution is 2.30. The first-order chi connectivity index (χ1) is 8.61. The zero-order valence-corrected chi connectivity index (χ0v) is 12.0. The van der Waals surface area contributed by atoms with Crippen molar-refractivity contribution in [1.82, 2.24) is 0 Å². The number of aliphatic hydroxyl groups is 1. The fourth-order valence-corrected chi connectivity index (χ4v) is 3.06. The van der Waals surface area contributed by atoms with Crippen LogP contribution in [0.2, 0.25) is 0 Å². The van der Waals surface area contributed by atoms with Crippen LogP contribution in [-0.2, 0) is 0 Å². The van der Waals surface area contributed by atoms with E-state index < -0.39 is 0 Å². The molecule has 1 aliphatic heterocycles. The van der Waals surface area contributed by atoms with E-state index in [2.05, 4.69) is 27.5 Å². The van der Waals surface area contributed by atoms with Crippen molar-refractivity contribution in [2.45, 2.75) is 12.8 Å². The molecule has 0 aliphatic carbocycles. The van der Waals surface area contributed by atoms with E-state index in [1.165, 1.54) is 0 Å². The maximum atomic E-state index is 10.7. The second-order valence-corrected chi connectivity index (χ2v) is 5.67. The fourth-order valence-electron chi connectivity index (χ4n) is 2.22. The minimum Gasteiger partial charge on any atom is -0.396 e. The third kappa shape index (κ3) is 2.92. The standard InChI is InChI=1S/C12H15IN2O3/c13-11-7-10(15(17)18)1-2-12(11)14-5-3-9(8-16)4-6-14/h1-2,7,9,16H,3-6,8H2. The van der Waals surface area contributed by atoms with Crippen LogP contribution in [0, 0.1) is 19.6 Å². The Bertz CT molecular complexity index is 445. The Morgan fingerprint density at radius 1 is 1.44 bits per heavy atom. The summed E-state index contributed by atoms with van der Waals surface area (Å²) in [5, 5.41) is 19.8. The lowest BCUT2D eigenvalue weighted by Crippen LogP contribution is -2.35. The van der Waals surface area contributed by atoms with Gasteiger partial charge in [-0.25, -0.2) is 0 Å². The van der Waals surface area contributed by atoms with Gasteiger partial charge in [0, 0.05) is 35.4 Å². The highest BCUT2D eigenvalue weighted by atomic mass is 127. The molecule has 0 bridgehead atoms. The predicted molar refractivity (Wildman–Crippen MR) is 77.8 cm³/mol. The smallest absolute Gasteiger partial charge is 0.270 e. The average Bonchev–Trinajstić information content (AvgIpc) is 2.38. The van der Waals surface area contributed by atoms with Crippen molar-refractivity contribution in [2.24, 2.45) is 5.92 Å². The van der Waals surface area contributed by atoms with Gasteiger partial charge in [0.1, 0.15) is 0 Å². The van der Waals surface area contributed by atoms with Gasteiger partial charge in [0.05, 0.1) is 10.6 Å². The van der Waals surface area contributed by atoms with Crippen molar-refractivity contribution in [2.75, 3.05) is 24.6 Å². The van der Waals surface area contributed by atoms with Crippen molar-refractivity contribution in [3.63, 3.8) is 0 Å². The van der Waals surface area contributed by atoms with E-state index >= 15 is 0 Å².